The maximum absolute atomic E-state index is 9.19. The lowest BCUT2D eigenvalue weighted by molar-refractivity contribution is 0.105. The molecule has 0 saturated carbocycles. The summed E-state index contributed by atoms with van der Waals surface area (Å²) in [6, 6.07) is 7.47. The van der Waals surface area contributed by atoms with E-state index in [1.54, 1.807) is 12.4 Å². The summed E-state index contributed by atoms with van der Waals surface area (Å²) in [6.45, 7) is 0.0676. The van der Waals surface area contributed by atoms with Gasteiger partial charge in [0.1, 0.15) is 0 Å². The molecule has 0 aliphatic rings. The summed E-state index contributed by atoms with van der Waals surface area (Å²) in [4.78, 5) is 1.52. The quantitative estimate of drug-likeness (QED) is 0.680. The van der Waals surface area contributed by atoms with E-state index in [9.17, 15) is 5.11 Å². The Kier molecular flexibility index (Phi) is 3.69. The molecule has 6 heteroatoms. The molecule has 0 saturated heterocycles. The fourth-order valence-electron chi connectivity index (χ4n) is 1.36. The van der Waals surface area contributed by atoms with Gasteiger partial charge in [-0.2, -0.15) is 15.0 Å². The summed E-state index contributed by atoms with van der Waals surface area (Å²) >= 11 is 0. The molecule has 0 aliphatic carbocycles. The Morgan fingerprint density at radius 3 is 2.41 bits per heavy atom. The van der Waals surface area contributed by atoms with Gasteiger partial charge in [-0.3, -0.25) is 0 Å². The van der Waals surface area contributed by atoms with Crippen molar-refractivity contribution in [1.29, 1.82) is 0 Å². The second-order valence-corrected chi connectivity index (χ2v) is 3.58. The Hall–Kier alpha value is -1.92. The molecule has 0 bridgehead atoms. The number of anilines is 1. The van der Waals surface area contributed by atoms with Crippen molar-refractivity contribution >= 4 is 5.69 Å². The lowest BCUT2D eigenvalue weighted by Gasteiger charge is -2.10. The van der Waals surface area contributed by atoms with E-state index in [1.807, 2.05) is 24.3 Å². The van der Waals surface area contributed by atoms with Crippen molar-refractivity contribution in [3.63, 3.8) is 0 Å². The molecule has 2 aromatic rings. The molecular weight excluding hydrogens is 220 g/mol. The van der Waals surface area contributed by atoms with Crippen LogP contribution < -0.4 is 5.32 Å². The number of hydrogen-bond acceptors (Lipinski definition) is 5. The highest BCUT2D eigenvalue weighted by atomic mass is 16.3. The molecule has 90 valence electrons. The van der Waals surface area contributed by atoms with E-state index in [2.05, 4.69) is 15.5 Å². The zero-order valence-electron chi connectivity index (χ0n) is 9.19. The molecule has 0 amide bonds. The van der Waals surface area contributed by atoms with Crippen molar-refractivity contribution in [3.8, 4) is 5.69 Å². The average molecular weight is 234 g/mol. The lowest BCUT2D eigenvalue weighted by Crippen LogP contribution is -2.22. The number of benzene rings is 1. The van der Waals surface area contributed by atoms with Crippen LogP contribution in [0.5, 0.6) is 0 Å². The van der Waals surface area contributed by atoms with Gasteiger partial charge < -0.3 is 15.5 Å². The SMILES string of the molecule is OCC(O)CNc1ccc(-n2nccn2)cc1. The van der Waals surface area contributed by atoms with Crippen LogP contribution in [-0.2, 0) is 0 Å². The van der Waals surface area contributed by atoms with Crippen LogP contribution in [-0.4, -0.2) is 44.5 Å². The minimum Gasteiger partial charge on any atom is -0.394 e. The van der Waals surface area contributed by atoms with Gasteiger partial charge in [-0.05, 0) is 24.3 Å². The summed E-state index contributed by atoms with van der Waals surface area (Å²) in [7, 11) is 0. The fraction of sp³-hybridized carbons (Fsp3) is 0.273. The summed E-state index contributed by atoms with van der Waals surface area (Å²) in [5.74, 6) is 0. The predicted molar refractivity (Wildman–Crippen MR) is 62.9 cm³/mol. The van der Waals surface area contributed by atoms with E-state index < -0.39 is 6.10 Å². The first-order valence-electron chi connectivity index (χ1n) is 5.29. The fourth-order valence-corrected chi connectivity index (χ4v) is 1.36. The highest BCUT2D eigenvalue weighted by Gasteiger charge is 2.02. The smallest absolute Gasteiger partial charge is 0.0942 e. The highest BCUT2D eigenvalue weighted by molar-refractivity contribution is 5.48. The molecule has 0 radical (unpaired) electrons. The number of hydrogen-bond donors (Lipinski definition) is 3. The lowest BCUT2D eigenvalue weighted by atomic mass is 10.2. The molecule has 17 heavy (non-hydrogen) atoms. The topological polar surface area (TPSA) is 83.2 Å². The summed E-state index contributed by atoms with van der Waals surface area (Å²) in [5, 5.41) is 28.9. The number of nitrogens with zero attached hydrogens (tertiary/aromatic N) is 3. The summed E-state index contributed by atoms with van der Waals surface area (Å²) in [6.07, 6.45) is 2.48. The van der Waals surface area contributed by atoms with Crippen molar-refractivity contribution in [2.75, 3.05) is 18.5 Å². The van der Waals surface area contributed by atoms with Gasteiger partial charge in [-0.15, -0.1) is 0 Å². The first-order valence-corrected chi connectivity index (χ1v) is 5.29. The average Bonchev–Trinajstić information content (AvgIpc) is 2.90. The first-order chi connectivity index (χ1) is 8.29. The summed E-state index contributed by atoms with van der Waals surface area (Å²) < 4.78 is 0. The third-order valence-electron chi connectivity index (χ3n) is 2.27. The van der Waals surface area contributed by atoms with Gasteiger partial charge in [0.15, 0.2) is 0 Å². The zero-order valence-corrected chi connectivity index (χ0v) is 9.19. The number of aliphatic hydroxyl groups excluding tert-OH is 2. The molecule has 6 nitrogen and oxygen atoms in total. The van der Waals surface area contributed by atoms with Crippen LogP contribution in [0.4, 0.5) is 5.69 Å². The van der Waals surface area contributed by atoms with Crippen molar-refractivity contribution in [1.82, 2.24) is 15.0 Å². The number of nitrogens with one attached hydrogen (secondary N) is 1. The van der Waals surface area contributed by atoms with E-state index in [4.69, 9.17) is 5.11 Å². The Labute approximate surface area is 98.5 Å². The van der Waals surface area contributed by atoms with Crippen LogP contribution in [0, 0.1) is 0 Å². The van der Waals surface area contributed by atoms with Gasteiger partial charge in [0.2, 0.25) is 0 Å². The minimum absolute atomic E-state index is 0.248. The normalized spacial score (nSPS) is 12.4. The molecule has 0 aliphatic heterocycles. The van der Waals surface area contributed by atoms with Crippen LogP contribution >= 0.6 is 0 Å². The van der Waals surface area contributed by atoms with Gasteiger partial charge in [-0.25, -0.2) is 0 Å². The van der Waals surface area contributed by atoms with Crippen molar-refractivity contribution in [3.05, 3.63) is 36.7 Å². The molecule has 3 N–H and O–H groups in total. The maximum Gasteiger partial charge on any atom is 0.0942 e. The number of aromatic nitrogens is 3. The van der Waals surface area contributed by atoms with E-state index in [1.165, 1.54) is 4.80 Å². The van der Waals surface area contributed by atoms with Crippen LogP contribution in [0.1, 0.15) is 0 Å². The van der Waals surface area contributed by atoms with Gasteiger partial charge in [-0.1, -0.05) is 0 Å². The van der Waals surface area contributed by atoms with Crippen molar-refractivity contribution < 1.29 is 10.2 Å². The van der Waals surface area contributed by atoms with Crippen LogP contribution in [0.25, 0.3) is 5.69 Å². The summed E-state index contributed by atoms with van der Waals surface area (Å²) in [5.41, 5.74) is 1.73. The van der Waals surface area contributed by atoms with Gasteiger partial charge in [0.05, 0.1) is 30.8 Å². The monoisotopic (exact) mass is 234 g/mol. The zero-order chi connectivity index (χ0) is 12.1. The van der Waals surface area contributed by atoms with Gasteiger partial charge in [0.25, 0.3) is 0 Å². The van der Waals surface area contributed by atoms with Crippen LogP contribution in [0.2, 0.25) is 0 Å². The van der Waals surface area contributed by atoms with Crippen molar-refractivity contribution in [2.45, 2.75) is 6.10 Å². The van der Waals surface area contributed by atoms with E-state index >= 15 is 0 Å². The van der Waals surface area contributed by atoms with Gasteiger partial charge in [0, 0.05) is 12.2 Å². The molecule has 1 atom stereocenters. The molecule has 1 aromatic heterocycles. The minimum atomic E-state index is -0.748. The van der Waals surface area contributed by atoms with Crippen LogP contribution in [0.3, 0.4) is 0 Å². The number of rotatable bonds is 5. The Morgan fingerprint density at radius 1 is 1.18 bits per heavy atom. The third-order valence-corrected chi connectivity index (χ3v) is 2.27. The first kappa shape index (κ1) is 11.6. The van der Waals surface area contributed by atoms with Crippen molar-refractivity contribution in [2.24, 2.45) is 0 Å². The standard InChI is InChI=1S/C11H14N4O2/c16-8-11(17)7-12-9-1-3-10(4-2-9)15-13-5-6-14-15/h1-6,11-12,16-17H,7-8H2. The molecule has 0 spiro atoms. The largest absolute Gasteiger partial charge is 0.394 e. The number of aliphatic hydroxyl groups is 2. The molecular formula is C11H14N4O2. The van der Waals surface area contributed by atoms with E-state index in [0.29, 0.717) is 6.54 Å². The second-order valence-electron chi connectivity index (χ2n) is 3.58. The van der Waals surface area contributed by atoms with Gasteiger partial charge >= 0.3 is 0 Å². The molecule has 2 rings (SSSR count). The van der Waals surface area contributed by atoms with E-state index in [-0.39, 0.29) is 6.61 Å². The molecule has 1 unspecified atom stereocenters. The third kappa shape index (κ3) is 3.02. The Balaban J connectivity index is 1.99. The highest BCUT2D eigenvalue weighted by Crippen LogP contribution is 2.11. The Bertz CT molecular complexity index is 441. The Morgan fingerprint density at radius 2 is 1.82 bits per heavy atom. The van der Waals surface area contributed by atoms with E-state index in [0.717, 1.165) is 11.4 Å². The molecule has 1 heterocycles. The maximum atomic E-state index is 9.19. The van der Waals surface area contributed by atoms with Crippen LogP contribution in [0.15, 0.2) is 36.7 Å². The second kappa shape index (κ2) is 5.42. The molecule has 1 aromatic carbocycles. The predicted octanol–water partition coefficient (Wildman–Crippen LogP) is 0.0324. The molecule has 0 fully saturated rings.